The summed E-state index contributed by atoms with van der Waals surface area (Å²) in [5.41, 5.74) is 1.43. The molecule has 1 aliphatic heterocycles. The van der Waals surface area contributed by atoms with E-state index in [1.165, 1.54) is 25.7 Å². The zero-order chi connectivity index (χ0) is 17.7. The van der Waals surface area contributed by atoms with Crippen molar-refractivity contribution in [1.82, 2.24) is 10.2 Å². The lowest BCUT2D eigenvalue weighted by atomic mass is 9.89. The molecule has 25 heavy (non-hydrogen) atoms. The van der Waals surface area contributed by atoms with Crippen LogP contribution in [0.2, 0.25) is 0 Å². The monoisotopic (exact) mass is 345 g/mol. The molecule has 1 aromatic rings. The van der Waals surface area contributed by atoms with E-state index in [4.69, 9.17) is 4.74 Å². The van der Waals surface area contributed by atoms with Crippen molar-refractivity contribution in [2.24, 2.45) is 5.41 Å². The number of nitrogens with one attached hydrogen (secondary N) is 1. The van der Waals surface area contributed by atoms with Crippen molar-refractivity contribution >= 4 is 11.7 Å². The number of para-hydroxylation sites is 2. The standard InChI is InChI=1S/C20H31N3O2/c1-3-25-18-9-5-4-8-17(18)22-12-14-23(15-13-22)19(24)21-16-20(2)10-6-7-11-20/h4-5,8-9H,3,6-7,10-16H2,1-2H3,(H,21,24). The molecule has 2 aliphatic rings. The average molecular weight is 345 g/mol. The van der Waals surface area contributed by atoms with Gasteiger partial charge in [-0.25, -0.2) is 4.79 Å². The fourth-order valence-corrected chi connectivity index (χ4v) is 3.95. The number of benzene rings is 1. The molecule has 2 amide bonds. The van der Waals surface area contributed by atoms with E-state index in [9.17, 15) is 4.79 Å². The molecule has 0 radical (unpaired) electrons. The summed E-state index contributed by atoms with van der Waals surface area (Å²) >= 11 is 0. The molecule has 1 saturated heterocycles. The van der Waals surface area contributed by atoms with Gasteiger partial charge >= 0.3 is 6.03 Å². The van der Waals surface area contributed by atoms with Gasteiger partial charge in [0.05, 0.1) is 12.3 Å². The number of nitrogens with zero attached hydrogens (tertiary/aromatic N) is 2. The lowest BCUT2D eigenvalue weighted by Gasteiger charge is -2.37. The number of hydrogen-bond donors (Lipinski definition) is 1. The van der Waals surface area contributed by atoms with Gasteiger partial charge in [-0.3, -0.25) is 0 Å². The third kappa shape index (κ3) is 4.39. The summed E-state index contributed by atoms with van der Waals surface area (Å²) in [4.78, 5) is 16.7. The van der Waals surface area contributed by atoms with Gasteiger partial charge in [0.15, 0.2) is 0 Å². The number of amides is 2. The van der Waals surface area contributed by atoms with E-state index in [0.29, 0.717) is 12.0 Å². The van der Waals surface area contributed by atoms with E-state index in [1.54, 1.807) is 0 Å². The molecule has 138 valence electrons. The first-order valence-electron chi connectivity index (χ1n) is 9.61. The van der Waals surface area contributed by atoms with E-state index in [2.05, 4.69) is 23.2 Å². The van der Waals surface area contributed by atoms with Crippen molar-refractivity contribution in [3.63, 3.8) is 0 Å². The highest BCUT2D eigenvalue weighted by molar-refractivity contribution is 5.74. The van der Waals surface area contributed by atoms with Gasteiger partial charge in [-0.05, 0) is 37.3 Å². The zero-order valence-electron chi connectivity index (χ0n) is 15.6. The van der Waals surface area contributed by atoms with Gasteiger partial charge in [0, 0.05) is 32.7 Å². The lowest BCUT2D eigenvalue weighted by Crippen LogP contribution is -2.53. The first kappa shape index (κ1) is 17.9. The van der Waals surface area contributed by atoms with Gasteiger partial charge in [-0.2, -0.15) is 0 Å². The molecule has 1 heterocycles. The molecule has 0 unspecified atom stereocenters. The van der Waals surface area contributed by atoms with Crippen molar-refractivity contribution in [1.29, 1.82) is 0 Å². The topological polar surface area (TPSA) is 44.8 Å². The number of hydrogen-bond acceptors (Lipinski definition) is 3. The summed E-state index contributed by atoms with van der Waals surface area (Å²) in [6, 6.07) is 8.24. The van der Waals surface area contributed by atoms with Crippen LogP contribution >= 0.6 is 0 Å². The first-order chi connectivity index (χ1) is 12.1. The van der Waals surface area contributed by atoms with E-state index in [-0.39, 0.29) is 6.03 Å². The van der Waals surface area contributed by atoms with Crippen LogP contribution in [0.1, 0.15) is 39.5 Å². The molecule has 5 nitrogen and oxygen atoms in total. The van der Waals surface area contributed by atoms with Gasteiger partial charge in [0.1, 0.15) is 5.75 Å². The summed E-state index contributed by atoms with van der Waals surface area (Å²) in [5, 5.41) is 3.16. The molecule has 0 bridgehead atoms. The van der Waals surface area contributed by atoms with Crippen molar-refractivity contribution in [2.45, 2.75) is 39.5 Å². The van der Waals surface area contributed by atoms with Crippen LogP contribution in [0.3, 0.4) is 0 Å². The molecular weight excluding hydrogens is 314 g/mol. The minimum atomic E-state index is 0.0888. The van der Waals surface area contributed by atoms with Crippen LogP contribution in [-0.4, -0.2) is 50.3 Å². The summed E-state index contributed by atoms with van der Waals surface area (Å²) < 4.78 is 5.74. The first-order valence-corrected chi connectivity index (χ1v) is 9.61. The van der Waals surface area contributed by atoms with Gasteiger partial charge in [0.2, 0.25) is 0 Å². The maximum atomic E-state index is 12.5. The number of carbonyl (C=O) groups excluding carboxylic acids is 1. The molecule has 1 aliphatic carbocycles. The summed E-state index contributed by atoms with van der Waals surface area (Å²) in [6.45, 7) is 8.96. The Kier molecular flexibility index (Phi) is 5.71. The van der Waals surface area contributed by atoms with Gasteiger partial charge < -0.3 is 19.9 Å². The largest absolute Gasteiger partial charge is 0.492 e. The van der Waals surface area contributed by atoms with E-state index < -0.39 is 0 Å². The Morgan fingerprint density at radius 3 is 2.52 bits per heavy atom. The van der Waals surface area contributed by atoms with Gasteiger partial charge in [-0.15, -0.1) is 0 Å². The Labute approximate surface area is 151 Å². The summed E-state index contributed by atoms with van der Waals surface area (Å²) in [7, 11) is 0. The second-order valence-electron chi connectivity index (χ2n) is 7.55. The summed E-state index contributed by atoms with van der Waals surface area (Å²) in [6.07, 6.45) is 5.05. The van der Waals surface area contributed by atoms with Crippen molar-refractivity contribution in [3.8, 4) is 5.75 Å². The van der Waals surface area contributed by atoms with Crippen molar-refractivity contribution < 1.29 is 9.53 Å². The van der Waals surface area contributed by atoms with Crippen LogP contribution in [0.4, 0.5) is 10.5 Å². The SMILES string of the molecule is CCOc1ccccc1N1CCN(C(=O)NCC2(C)CCCC2)CC1. The second kappa shape index (κ2) is 7.98. The number of piperazine rings is 1. The third-order valence-electron chi connectivity index (χ3n) is 5.55. The quantitative estimate of drug-likeness (QED) is 0.888. The zero-order valence-corrected chi connectivity index (χ0v) is 15.6. The lowest BCUT2D eigenvalue weighted by molar-refractivity contribution is 0.187. The molecule has 2 fully saturated rings. The Morgan fingerprint density at radius 1 is 1.16 bits per heavy atom. The third-order valence-corrected chi connectivity index (χ3v) is 5.55. The van der Waals surface area contributed by atoms with E-state index in [1.807, 2.05) is 30.0 Å². The highest BCUT2D eigenvalue weighted by Crippen LogP contribution is 2.36. The highest BCUT2D eigenvalue weighted by Gasteiger charge is 2.30. The Balaban J connectivity index is 1.50. The molecule has 1 aromatic carbocycles. The molecular formula is C20H31N3O2. The van der Waals surface area contributed by atoms with Crippen LogP contribution in [0.5, 0.6) is 5.75 Å². The van der Waals surface area contributed by atoms with Crippen LogP contribution in [-0.2, 0) is 0 Å². The maximum Gasteiger partial charge on any atom is 0.317 e. The molecule has 0 aromatic heterocycles. The molecule has 0 atom stereocenters. The number of ether oxygens (including phenoxy) is 1. The van der Waals surface area contributed by atoms with Crippen LogP contribution < -0.4 is 15.0 Å². The molecule has 1 saturated carbocycles. The number of rotatable bonds is 5. The molecule has 0 spiro atoms. The minimum absolute atomic E-state index is 0.0888. The predicted octanol–water partition coefficient (Wildman–Crippen LogP) is 3.50. The fourth-order valence-electron chi connectivity index (χ4n) is 3.95. The molecule has 1 N–H and O–H groups in total. The van der Waals surface area contributed by atoms with Crippen molar-refractivity contribution in [3.05, 3.63) is 24.3 Å². The van der Waals surface area contributed by atoms with Gasteiger partial charge in [0.25, 0.3) is 0 Å². The normalized spacial score (nSPS) is 19.8. The fraction of sp³-hybridized carbons (Fsp3) is 0.650. The number of anilines is 1. The Morgan fingerprint density at radius 2 is 1.84 bits per heavy atom. The van der Waals surface area contributed by atoms with Gasteiger partial charge in [-0.1, -0.05) is 31.9 Å². The minimum Gasteiger partial charge on any atom is -0.492 e. The van der Waals surface area contributed by atoms with Crippen LogP contribution in [0, 0.1) is 5.41 Å². The average Bonchev–Trinajstić information content (AvgIpc) is 3.08. The smallest absolute Gasteiger partial charge is 0.317 e. The predicted molar refractivity (Wildman–Crippen MR) is 101 cm³/mol. The second-order valence-corrected chi connectivity index (χ2v) is 7.55. The summed E-state index contributed by atoms with van der Waals surface area (Å²) in [5.74, 6) is 0.928. The Bertz CT molecular complexity index is 576. The van der Waals surface area contributed by atoms with Crippen LogP contribution in [0.15, 0.2) is 24.3 Å². The number of urea groups is 1. The Hall–Kier alpha value is -1.91. The van der Waals surface area contributed by atoms with E-state index in [0.717, 1.165) is 44.2 Å². The van der Waals surface area contributed by atoms with Crippen molar-refractivity contribution in [2.75, 3.05) is 44.2 Å². The molecule has 3 rings (SSSR count). The van der Waals surface area contributed by atoms with E-state index >= 15 is 0 Å². The number of carbonyl (C=O) groups is 1. The highest BCUT2D eigenvalue weighted by atomic mass is 16.5. The van der Waals surface area contributed by atoms with Crippen LogP contribution in [0.25, 0.3) is 0 Å². The maximum absolute atomic E-state index is 12.5. The molecule has 5 heteroatoms.